The minimum atomic E-state index is -3.92. The molecule has 0 aliphatic carbocycles. The molecule has 180 valence electrons. The number of nitriles is 1. The zero-order chi connectivity index (χ0) is 25.7. The van der Waals surface area contributed by atoms with Gasteiger partial charge in [0.25, 0.3) is 10.0 Å². The number of hydrogen-bond acceptors (Lipinski definition) is 5. The lowest BCUT2D eigenvalue weighted by Crippen LogP contribution is -2.13. The van der Waals surface area contributed by atoms with Gasteiger partial charge < -0.3 is 10.1 Å². The molecule has 0 aromatic heterocycles. The smallest absolute Gasteiger partial charge is 0.261 e. The summed E-state index contributed by atoms with van der Waals surface area (Å²) in [6.45, 7) is 1.36. The topological polar surface area (TPSA) is 108 Å². The molecule has 36 heavy (non-hydrogen) atoms. The number of halogens is 1. The monoisotopic (exact) mass is 517 g/mol. The van der Waals surface area contributed by atoms with Gasteiger partial charge in [-0.15, -0.1) is 0 Å². The van der Waals surface area contributed by atoms with Crippen molar-refractivity contribution in [1.82, 2.24) is 0 Å². The highest BCUT2D eigenvalue weighted by Gasteiger charge is 2.16. The van der Waals surface area contributed by atoms with Crippen LogP contribution in [0.15, 0.2) is 95.9 Å². The van der Waals surface area contributed by atoms with E-state index in [0.717, 1.165) is 11.1 Å². The fraction of sp³-hybridized carbons (Fsp3) is 0.0370. The van der Waals surface area contributed by atoms with Crippen molar-refractivity contribution < 1.29 is 17.9 Å². The number of hydrogen-bond donors (Lipinski definition) is 2. The zero-order valence-corrected chi connectivity index (χ0v) is 20.6. The standard InChI is InChI=1S/C27H20ClN3O4S/c1-18(32)30-21-7-11-24(12-8-21)36(33,34)31-22-9-14-27(20(15-22)17-29)35-23-10-13-26(28)25(16-23)19-5-3-2-4-6-19/h2-16,31H,1H3,(H,30,32). The second kappa shape index (κ2) is 10.5. The minimum Gasteiger partial charge on any atom is -0.456 e. The highest BCUT2D eigenvalue weighted by Crippen LogP contribution is 2.34. The number of carbonyl (C=O) groups is 1. The third-order valence-electron chi connectivity index (χ3n) is 5.09. The van der Waals surface area contributed by atoms with Crippen molar-refractivity contribution in [3.63, 3.8) is 0 Å². The minimum absolute atomic E-state index is 0.00467. The van der Waals surface area contributed by atoms with Gasteiger partial charge in [0.15, 0.2) is 0 Å². The predicted octanol–water partition coefficient (Wildman–Crippen LogP) is 6.43. The number of amides is 1. The van der Waals surface area contributed by atoms with E-state index in [9.17, 15) is 18.5 Å². The van der Waals surface area contributed by atoms with Crippen molar-refractivity contribution in [2.75, 3.05) is 10.0 Å². The van der Waals surface area contributed by atoms with Gasteiger partial charge in [-0.25, -0.2) is 8.42 Å². The molecule has 0 saturated carbocycles. The van der Waals surface area contributed by atoms with E-state index >= 15 is 0 Å². The Morgan fingerprint density at radius 3 is 2.28 bits per heavy atom. The molecule has 4 aromatic rings. The van der Waals surface area contributed by atoms with Crippen LogP contribution in [0.5, 0.6) is 11.5 Å². The van der Waals surface area contributed by atoms with Gasteiger partial charge in [-0.1, -0.05) is 41.9 Å². The molecule has 0 atom stereocenters. The highest BCUT2D eigenvalue weighted by atomic mass is 35.5. The first-order valence-corrected chi connectivity index (χ1v) is 12.6. The maximum absolute atomic E-state index is 12.8. The number of nitrogens with one attached hydrogen (secondary N) is 2. The van der Waals surface area contributed by atoms with E-state index in [-0.39, 0.29) is 27.8 Å². The van der Waals surface area contributed by atoms with Crippen LogP contribution in [-0.4, -0.2) is 14.3 Å². The van der Waals surface area contributed by atoms with E-state index in [0.29, 0.717) is 16.5 Å². The molecule has 4 rings (SSSR count). The van der Waals surface area contributed by atoms with Crippen molar-refractivity contribution >= 4 is 38.9 Å². The van der Waals surface area contributed by atoms with Crippen LogP contribution in [0.25, 0.3) is 11.1 Å². The van der Waals surface area contributed by atoms with Gasteiger partial charge in [0, 0.05) is 23.2 Å². The summed E-state index contributed by atoms with van der Waals surface area (Å²) in [7, 11) is -3.92. The normalized spacial score (nSPS) is 10.8. The van der Waals surface area contributed by atoms with Crippen molar-refractivity contribution in [2.45, 2.75) is 11.8 Å². The molecule has 0 saturated heterocycles. The van der Waals surface area contributed by atoms with Crippen LogP contribution in [0.3, 0.4) is 0 Å². The summed E-state index contributed by atoms with van der Waals surface area (Å²) in [5.41, 5.74) is 2.52. The summed E-state index contributed by atoms with van der Waals surface area (Å²) < 4.78 is 34.0. The van der Waals surface area contributed by atoms with E-state index in [1.807, 2.05) is 36.4 Å². The van der Waals surface area contributed by atoms with E-state index in [4.69, 9.17) is 16.3 Å². The summed E-state index contributed by atoms with van der Waals surface area (Å²) >= 11 is 6.36. The Hall–Kier alpha value is -4.32. The fourth-order valence-electron chi connectivity index (χ4n) is 3.44. The number of rotatable bonds is 7. The molecule has 0 aliphatic heterocycles. The van der Waals surface area contributed by atoms with Crippen LogP contribution in [0.1, 0.15) is 12.5 Å². The Morgan fingerprint density at radius 1 is 0.917 bits per heavy atom. The van der Waals surface area contributed by atoms with Crippen molar-refractivity contribution in [2.24, 2.45) is 0 Å². The van der Waals surface area contributed by atoms with E-state index < -0.39 is 10.0 Å². The summed E-state index contributed by atoms with van der Waals surface area (Å²) in [6.07, 6.45) is 0. The van der Waals surface area contributed by atoms with E-state index in [1.165, 1.54) is 49.4 Å². The number of sulfonamides is 1. The van der Waals surface area contributed by atoms with Crippen LogP contribution in [0.4, 0.5) is 11.4 Å². The first-order chi connectivity index (χ1) is 17.2. The largest absolute Gasteiger partial charge is 0.456 e. The summed E-state index contributed by atoms with van der Waals surface area (Å²) in [4.78, 5) is 11.2. The molecule has 9 heteroatoms. The van der Waals surface area contributed by atoms with Crippen LogP contribution in [0, 0.1) is 11.3 Å². The molecule has 2 N–H and O–H groups in total. The summed E-state index contributed by atoms with van der Waals surface area (Å²) in [5.74, 6) is 0.480. The Morgan fingerprint density at radius 2 is 1.61 bits per heavy atom. The van der Waals surface area contributed by atoms with Crippen LogP contribution in [-0.2, 0) is 14.8 Å². The number of ether oxygens (including phenoxy) is 1. The van der Waals surface area contributed by atoms with Gasteiger partial charge in [-0.3, -0.25) is 9.52 Å². The maximum Gasteiger partial charge on any atom is 0.261 e. The van der Waals surface area contributed by atoms with Crippen molar-refractivity contribution in [3.05, 3.63) is 102 Å². The van der Waals surface area contributed by atoms with E-state index in [2.05, 4.69) is 10.0 Å². The Balaban J connectivity index is 1.55. The SMILES string of the molecule is CC(=O)Nc1ccc(S(=O)(=O)Nc2ccc(Oc3ccc(Cl)c(-c4ccccc4)c3)c(C#N)c2)cc1. The van der Waals surface area contributed by atoms with Gasteiger partial charge in [0.2, 0.25) is 5.91 Å². The quantitative estimate of drug-likeness (QED) is 0.293. The molecule has 0 fully saturated rings. The molecular formula is C27H20ClN3O4S. The summed E-state index contributed by atoms with van der Waals surface area (Å²) in [5, 5.41) is 12.8. The predicted molar refractivity (Wildman–Crippen MR) is 140 cm³/mol. The number of anilines is 2. The fourth-order valence-corrected chi connectivity index (χ4v) is 4.71. The molecular weight excluding hydrogens is 498 g/mol. The van der Waals surface area contributed by atoms with Crippen molar-refractivity contribution in [1.29, 1.82) is 5.26 Å². The number of carbonyl (C=O) groups excluding carboxylic acids is 1. The van der Waals surface area contributed by atoms with E-state index in [1.54, 1.807) is 18.2 Å². The number of benzene rings is 4. The third-order valence-corrected chi connectivity index (χ3v) is 6.81. The van der Waals surface area contributed by atoms with Crippen LogP contribution < -0.4 is 14.8 Å². The van der Waals surface area contributed by atoms with Gasteiger partial charge in [-0.05, 0) is 66.2 Å². The molecule has 0 spiro atoms. The van der Waals surface area contributed by atoms with Gasteiger partial charge in [0.1, 0.15) is 17.6 Å². The molecule has 0 aliphatic rings. The molecule has 0 radical (unpaired) electrons. The second-order valence-electron chi connectivity index (χ2n) is 7.74. The average molecular weight is 518 g/mol. The molecule has 0 heterocycles. The first kappa shape index (κ1) is 24.8. The molecule has 0 bridgehead atoms. The van der Waals surface area contributed by atoms with Crippen LogP contribution >= 0.6 is 11.6 Å². The van der Waals surface area contributed by atoms with Gasteiger partial charge in [0.05, 0.1) is 16.1 Å². The second-order valence-corrected chi connectivity index (χ2v) is 9.83. The zero-order valence-electron chi connectivity index (χ0n) is 19.0. The Bertz CT molecular complexity index is 1570. The Labute approximate surface area is 214 Å². The maximum atomic E-state index is 12.8. The third kappa shape index (κ3) is 5.84. The average Bonchev–Trinajstić information content (AvgIpc) is 2.86. The molecule has 7 nitrogen and oxygen atoms in total. The molecule has 4 aromatic carbocycles. The lowest BCUT2D eigenvalue weighted by Gasteiger charge is -2.13. The first-order valence-electron chi connectivity index (χ1n) is 10.7. The lowest BCUT2D eigenvalue weighted by molar-refractivity contribution is -0.114. The summed E-state index contributed by atoms with van der Waals surface area (Å²) in [6, 6.07) is 27.0. The van der Waals surface area contributed by atoms with Gasteiger partial charge in [-0.2, -0.15) is 5.26 Å². The molecule has 0 unspecified atom stereocenters. The van der Waals surface area contributed by atoms with Gasteiger partial charge >= 0.3 is 0 Å². The van der Waals surface area contributed by atoms with Crippen LogP contribution in [0.2, 0.25) is 5.02 Å². The Kier molecular flexibility index (Phi) is 7.25. The molecule has 1 amide bonds. The van der Waals surface area contributed by atoms with Crippen molar-refractivity contribution in [3.8, 4) is 28.7 Å². The highest BCUT2D eigenvalue weighted by molar-refractivity contribution is 7.92. The lowest BCUT2D eigenvalue weighted by atomic mass is 10.1. The number of nitrogens with zero attached hydrogens (tertiary/aromatic N) is 1.